The first-order chi connectivity index (χ1) is 13.1. The van der Waals surface area contributed by atoms with Gasteiger partial charge < -0.3 is 10.4 Å². The number of aliphatic hydroxyl groups is 1. The Balaban J connectivity index is 0.00000225. The van der Waals surface area contributed by atoms with E-state index in [1.54, 1.807) is 6.07 Å². The van der Waals surface area contributed by atoms with Crippen molar-refractivity contribution in [3.05, 3.63) is 75.4 Å². The van der Waals surface area contributed by atoms with Crippen molar-refractivity contribution in [3.63, 3.8) is 0 Å². The van der Waals surface area contributed by atoms with E-state index in [1.165, 1.54) is 5.56 Å². The number of rotatable bonds is 5. The molecular weight excluding hydrogens is 415 g/mol. The van der Waals surface area contributed by atoms with Gasteiger partial charge in [0.1, 0.15) is 0 Å². The Morgan fingerprint density at radius 3 is 2.46 bits per heavy atom. The van der Waals surface area contributed by atoms with Crippen LogP contribution in [0.5, 0.6) is 0 Å². The summed E-state index contributed by atoms with van der Waals surface area (Å²) in [6.45, 7) is 0.164. The second-order valence-corrected chi connectivity index (χ2v) is 7.57. The summed E-state index contributed by atoms with van der Waals surface area (Å²) in [5.74, 6) is 0. The summed E-state index contributed by atoms with van der Waals surface area (Å²) in [6, 6.07) is 15.9. The lowest BCUT2D eigenvalue weighted by Crippen LogP contribution is -2.00. The minimum Gasteiger partial charge on any atom is -0.396 e. The zero-order chi connectivity index (χ0) is 18.8. The van der Waals surface area contributed by atoms with Crippen LogP contribution in [0, 0.1) is 0 Å². The summed E-state index contributed by atoms with van der Waals surface area (Å²) in [7, 11) is 0. The molecule has 28 heavy (non-hydrogen) atoms. The molecule has 0 saturated carbocycles. The van der Waals surface area contributed by atoms with Crippen LogP contribution in [0.4, 0.5) is 11.4 Å². The van der Waals surface area contributed by atoms with Crippen LogP contribution in [0.15, 0.2) is 48.5 Å². The van der Waals surface area contributed by atoms with Gasteiger partial charge in [0.15, 0.2) is 0 Å². The van der Waals surface area contributed by atoms with Crippen molar-refractivity contribution < 1.29 is 5.11 Å². The number of aliphatic hydroxyl groups excluding tert-OH is 1. The standard InChI is InChI=1S/C22H20Cl2N2O.ClH/c23-18-9-6-15(12-19(18)24)21-13-22(17-2-1-3-20(17)26-21)25-16-7-4-14(5-8-16)10-11-27;/h4-9,12-13,27H,1-3,10-11H2,(H,25,26);1H. The Kier molecular flexibility index (Phi) is 6.84. The smallest absolute Gasteiger partial charge is 0.0726 e. The molecule has 3 nitrogen and oxygen atoms in total. The maximum absolute atomic E-state index is 9.07. The maximum atomic E-state index is 9.07. The van der Waals surface area contributed by atoms with Crippen LogP contribution < -0.4 is 5.32 Å². The first-order valence-corrected chi connectivity index (χ1v) is 9.84. The van der Waals surface area contributed by atoms with Gasteiger partial charge in [0.05, 0.1) is 15.7 Å². The fourth-order valence-electron chi connectivity index (χ4n) is 3.50. The predicted octanol–water partition coefficient (Wildman–Crippen LogP) is 6.24. The first kappa shape index (κ1) is 20.9. The van der Waals surface area contributed by atoms with E-state index in [2.05, 4.69) is 11.4 Å². The van der Waals surface area contributed by atoms with E-state index in [0.29, 0.717) is 16.5 Å². The number of nitrogens with zero attached hydrogens (tertiary/aromatic N) is 1. The van der Waals surface area contributed by atoms with Gasteiger partial charge >= 0.3 is 0 Å². The van der Waals surface area contributed by atoms with Gasteiger partial charge in [-0.1, -0.05) is 41.4 Å². The van der Waals surface area contributed by atoms with E-state index in [0.717, 1.165) is 53.2 Å². The summed E-state index contributed by atoms with van der Waals surface area (Å²) < 4.78 is 0. The molecule has 2 N–H and O–H groups in total. The van der Waals surface area contributed by atoms with Gasteiger partial charge in [-0.2, -0.15) is 0 Å². The third-order valence-electron chi connectivity index (χ3n) is 4.90. The van der Waals surface area contributed by atoms with Gasteiger partial charge in [0.2, 0.25) is 0 Å². The molecule has 0 atom stereocenters. The summed E-state index contributed by atoms with van der Waals surface area (Å²) in [5.41, 5.74) is 7.54. The highest BCUT2D eigenvalue weighted by Crippen LogP contribution is 2.35. The summed E-state index contributed by atoms with van der Waals surface area (Å²) >= 11 is 12.3. The van der Waals surface area contributed by atoms with Crippen molar-refractivity contribution in [3.8, 4) is 11.3 Å². The zero-order valence-electron chi connectivity index (χ0n) is 15.2. The number of hydrogen-bond acceptors (Lipinski definition) is 3. The highest BCUT2D eigenvalue weighted by Gasteiger charge is 2.19. The quantitative estimate of drug-likeness (QED) is 0.498. The molecule has 2 aromatic carbocycles. The molecule has 1 aliphatic carbocycles. The molecular formula is C22H21Cl3N2O. The fourth-order valence-corrected chi connectivity index (χ4v) is 3.80. The van der Waals surface area contributed by atoms with Gasteiger partial charge in [-0.05, 0) is 67.1 Å². The Hall–Kier alpha value is -1.78. The van der Waals surface area contributed by atoms with Crippen LogP contribution in [0.25, 0.3) is 11.3 Å². The normalized spacial score (nSPS) is 12.4. The maximum Gasteiger partial charge on any atom is 0.0726 e. The van der Waals surface area contributed by atoms with Crippen molar-refractivity contribution in [2.24, 2.45) is 0 Å². The molecule has 0 amide bonds. The SMILES string of the molecule is Cl.OCCc1ccc(Nc2cc(-c3ccc(Cl)c(Cl)c3)nc3c2CCC3)cc1. The molecule has 0 saturated heterocycles. The van der Waals surface area contributed by atoms with E-state index in [-0.39, 0.29) is 19.0 Å². The van der Waals surface area contributed by atoms with Gasteiger partial charge in [-0.15, -0.1) is 12.4 Å². The lowest BCUT2D eigenvalue weighted by Gasteiger charge is -2.14. The molecule has 146 valence electrons. The lowest BCUT2D eigenvalue weighted by atomic mass is 10.1. The molecule has 0 fully saturated rings. The second-order valence-electron chi connectivity index (χ2n) is 6.76. The van der Waals surface area contributed by atoms with Crippen molar-refractivity contribution in [1.82, 2.24) is 4.98 Å². The largest absolute Gasteiger partial charge is 0.396 e. The monoisotopic (exact) mass is 434 g/mol. The number of pyridine rings is 1. The van der Waals surface area contributed by atoms with Crippen LogP contribution in [-0.4, -0.2) is 16.7 Å². The first-order valence-electron chi connectivity index (χ1n) is 9.09. The molecule has 0 bridgehead atoms. The highest BCUT2D eigenvalue weighted by atomic mass is 35.5. The molecule has 0 aliphatic heterocycles. The average molecular weight is 436 g/mol. The number of hydrogen-bond donors (Lipinski definition) is 2. The van der Waals surface area contributed by atoms with E-state index in [9.17, 15) is 0 Å². The molecule has 1 aliphatic rings. The summed E-state index contributed by atoms with van der Waals surface area (Å²) in [4.78, 5) is 4.87. The van der Waals surface area contributed by atoms with Gasteiger partial charge in [0.25, 0.3) is 0 Å². The average Bonchev–Trinajstić information content (AvgIpc) is 3.15. The molecule has 4 rings (SSSR count). The van der Waals surface area contributed by atoms with Crippen molar-refractivity contribution in [2.75, 3.05) is 11.9 Å². The molecule has 0 spiro atoms. The third-order valence-corrected chi connectivity index (χ3v) is 5.64. The Labute approximate surface area is 181 Å². The van der Waals surface area contributed by atoms with Crippen LogP contribution in [-0.2, 0) is 19.3 Å². The van der Waals surface area contributed by atoms with Gasteiger partial charge in [-0.25, -0.2) is 0 Å². The number of nitrogens with one attached hydrogen (secondary N) is 1. The van der Waals surface area contributed by atoms with E-state index in [4.69, 9.17) is 33.3 Å². The Bertz CT molecular complexity index is 974. The van der Waals surface area contributed by atoms with Gasteiger partial charge in [-0.3, -0.25) is 4.98 Å². The number of anilines is 2. The van der Waals surface area contributed by atoms with E-state index < -0.39 is 0 Å². The molecule has 0 radical (unpaired) electrons. The van der Waals surface area contributed by atoms with Crippen molar-refractivity contribution in [1.29, 1.82) is 0 Å². The lowest BCUT2D eigenvalue weighted by molar-refractivity contribution is 0.299. The highest BCUT2D eigenvalue weighted by molar-refractivity contribution is 6.42. The second kappa shape index (κ2) is 9.15. The predicted molar refractivity (Wildman–Crippen MR) is 119 cm³/mol. The molecule has 0 unspecified atom stereocenters. The minimum absolute atomic E-state index is 0. The van der Waals surface area contributed by atoms with Crippen molar-refractivity contribution in [2.45, 2.75) is 25.7 Å². The number of halogens is 3. The topological polar surface area (TPSA) is 45.1 Å². The van der Waals surface area contributed by atoms with Crippen LogP contribution in [0.3, 0.4) is 0 Å². The van der Waals surface area contributed by atoms with Crippen LogP contribution in [0.1, 0.15) is 23.2 Å². The molecule has 3 aromatic rings. The summed E-state index contributed by atoms with van der Waals surface area (Å²) in [6.07, 6.45) is 3.83. The van der Waals surface area contributed by atoms with Crippen LogP contribution >= 0.6 is 35.6 Å². The number of aromatic nitrogens is 1. The molecule has 6 heteroatoms. The van der Waals surface area contributed by atoms with Gasteiger partial charge in [0, 0.05) is 29.2 Å². The fraction of sp³-hybridized carbons (Fsp3) is 0.227. The number of aryl methyl sites for hydroxylation is 1. The zero-order valence-corrected chi connectivity index (χ0v) is 17.5. The van der Waals surface area contributed by atoms with E-state index in [1.807, 2.05) is 36.4 Å². The molecule has 1 heterocycles. The number of benzene rings is 2. The third kappa shape index (κ3) is 4.44. The minimum atomic E-state index is 0. The van der Waals surface area contributed by atoms with E-state index >= 15 is 0 Å². The Morgan fingerprint density at radius 2 is 1.75 bits per heavy atom. The number of fused-ring (bicyclic) bond motifs is 1. The summed E-state index contributed by atoms with van der Waals surface area (Å²) in [5, 5.41) is 13.7. The Morgan fingerprint density at radius 1 is 0.964 bits per heavy atom. The molecule has 1 aromatic heterocycles. The van der Waals surface area contributed by atoms with Crippen LogP contribution in [0.2, 0.25) is 10.0 Å². The van der Waals surface area contributed by atoms with Crippen molar-refractivity contribution >= 4 is 47.0 Å².